The number of methoxy groups -OCH3 is 1. The number of hydrogen-bond acceptors (Lipinski definition) is 5. The summed E-state index contributed by atoms with van der Waals surface area (Å²) in [4.78, 5) is 36.5. The fourth-order valence-electron chi connectivity index (χ4n) is 2.65. The molecule has 1 heterocycles. The van der Waals surface area contributed by atoms with Crippen molar-refractivity contribution in [1.82, 2.24) is 0 Å². The van der Waals surface area contributed by atoms with Crippen molar-refractivity contribution in [2.24, 2.45) is 0 Å². The van der Waals surface area contributed by atoms with Crippen LogP contribution in [0.15, 0.2) is 59.3 Å². The molecular formula is C21H19N3O4S. The molecule has 3 N–H and O–H groups in total. The van der Waals surface area contributed by atoms with Gasteiger partial charge in [0, 0.05) is 18.0 Å². The second-order valence-electron chi connectivity index (χ2n) is 6.06. The summed E-state index contributed by atoms with van der Waals surface area (Å²) in [6.07, 6.45) is 0. The van der Waals surface area contributed by atoms with Crippen molar-refractivity contribution in [2.75, 3.05) is 23.1 Å². The maximum Gasteiger partial charge on any atom is 0.257 e. The van der Waals surface area contributed by atoms with Gasteiger partial charge in [0.05, 0.1) is 29.6 Å². The van der Waals surface area contributed by atoms with Gasteiger partial charge in [0.15, 0.2) is 0 Å². The quantitative estimate of drug-likeness (QED) is 0.568. The Morgan fingerprint density at radius 2 is 1.69 bits per heavy atom. The number of ether oxygens (including phenoxy) is 1. The van der Waals surface area contributed by atoms with Crippen LogP contribution in [0.5, 0.6) is 5.75 Å². The predicted octanol–water partition coefficient (Wildman–Crippen LogP) is 4.22. The molecule has 3 aromatic rings. The third kappa shape index (κ3) is 4.99. The van der Waals surface area contributed by atoms with Crippen LogP contribution in [-0.2, 0) is 4.79 Å². The molecule has 3 amide bonds. The van der Waals surface area contributed by atoms with Gasteiger partial charge in [-0.1, -0.05) is 12.1 Å². The summed E-state index contributed by atoms with van der Waals surface area (Å²) in [6.45, 7) is 1.39. The number of para-hydroxylation sites is 1. The van der Waals surface area contributed by atoms with Crippen molar-refractivity contribution in [3.63, 3.8) is 0 Å². The highest BCUT2D eigenvalue weighted by Crippen LogP contribution is 2.28. The lowest BCUT2D eigenvalue weighted by Crippen LogP contribution is -2.18. The van der Waals surface area contributed by atoms with E-state index in [1.807, 2.05) is 5.38 Å². The molecule has 2 aromatic carbocycles. The van der Waals surface area contributed by atoms with E-state index < -0.39 is 5.91 Å². The van der Waals surface area contributed by atoms with Crippen molar-refractivity contribution in [2.45, 2.75) is 6.92 Å². The van der Waals surface area contributed by atoms with Gasteiger partial charge in [0.1, 0.15) is 5.75 Å². The molecular weight excluding hydrogens is 390 g/mol. The highest BCUT2D eigenvalue weighted by molar-refractivity contribution is 7.08. The Labute approximate surface area is 171 Å². The molecule has 0 aliphatic carbocycles. The van der Waals surface area contributed by atoms with Gasteiger partial charge >= 0.3 is 0 Å². The number of nitrogens with one attached hydrogen (secondary N) is 3. The minimum atomic E-state index is -0.398. The van der Waals surface area contributed by atoms with E-state index >= 15 is 0 Å². The minimum absolute atomic E-state index is 0.256. The van der Waals surface area contributed by atoms with Crippen LogP contribution >= 0.6 is 11.3 Å². The third-order valence-electron chi connectivity index (χ3n) is 3.97. The first-order valence-electron chi connectivity index (χ1n) is 8.67. The normalized spacial score (nSPS) is 10.1. The van der Waals surface area contributed by atoms with Crippen LogP contribution in [0.2, 0.25) is 0 Å². The van der Waals surface area contributed by atoms with Crippen LogP contribution in [0, 0.1) is 0 Å². The van der Waals surface area contributed by atoms with E-state index in [1.54, 1.807) is 53.9 Å². The molecule has 0 aliphatic heterocycles. The molecule has 3 rings (SSSR count). The van der Waals surface area contributed by atoms with Gasteiger partial charge in [-0.2, -0.15) is 11.3 Å². The molecule has 7 nitrogen and oxygen atoms in total. The molecule has 0 fully saturated rings. The van der Waals surface area contributed by atoms with Crippen LogP contribution in [-0.4, -0.2) is 24.8 Å². The van der Waals surface area contributed by atoms with Gasteiger partial charge in [-0.25, -0.2) is 0 Å². The van der Waals surface area contributed by atoms with E-state index in [9.17, 15) is 14.4 Å². The summed E-state index contributed by atoms with van der Waals surface area (Å²) in [5.74, 6) is -0.469. The Bertz CT molecular complexity index is 1050. The van der Waals surface area contributed by atoms with E-state index in [4.69, 9.17) is 4.74 Å². The lowest BCUT2D eigenvalue weighted by molar-refractivity contribution is -0.114. The lowest BCUT2D eigenvalue weighted by Gasteiger charge is -2.13. The van der Waals surface area contributed by atoms with Crippen molar-refractivity contribution in [1.29, 1.82) is 0 Å². The Morgan fingerprint density at radius 3 is 2.38 bits per heavy atom. The molecule has 0 saturated carbocycles. The average Bonchev–Trinajstić information content (AvgIpc) is 3.23. The molecule has 0 atom stereocenters. The van der Waals surface area contributed by atoms with Gasteiger partial charge in [-0.3, -0.25) is 14.4 Å². The summed E-state index contributed by atoms with van der Waals surface area (Å²) < 4.78 is 5.22. The summed E-state index contributed by atoms with van der Waals surface area (Å²) in [5, 5.41) is 11.7. The number of anilines is 3. The molecule has 0 radical (unpaired) electrons. The minimum Gasteiger partial charge on any atom is -0.495 e. The number of benzene rings is 2. The first kappa shape index (κ1) is 20.1. The Kier molecular flexibility index (Phi) is 6.25. The third-order valence-corrected chi connectivity index (χ3v) is 4.65. The van der Waals surface area contributed by atoms with Crippen LogP contribution in [0.1, 0.15) is 27.6 Å². The molecule has 0 bridgehead atoms. The smallest absolute Gasteiger partial charge is 0.257 e. The highest BCUT2D eigenvalue weighted by Gasteiger charge is 2.15. The number of thiophene rings is 1. The van der Waals surface area contributed by atoms with Crippen LogP contribution in [0.3, 0.4) is 0 Å². The zero-order chi connectivity index (χ0) is 20.8. The van der Waals surface area contributed by atoms with Crippen LogP contribution in [0.4, 0.5) is 17.1 Å². The van der Waals surface area contributed by atoms with E-state index in [0.717, 1.165) is 0 Å². The number of hydrogen-bond donors (Lipinski definition) is 3. The first-order chi connectivity index (χ1) is 14.0. The molecule has 0 saturated heterocycles. The summed E-state index contributed by atoms with van der Waals surface area (Å²) in [7, 11) is 1.49. The highest BCUT2D eigenvalue weighted by atomic mass is 32.1. The van der Waals surface area contributed by atoms with Crippen LogP contribution in [0.25, 0.3) is 0 Å². The van der Waals surface area contributed by atoms with Gasteiger partial charge in [0.2, 0.25) is 5.91 Å². The zero-order valence-corrected chi connectivity index (χ0v) is 16.6. The van der Waals surface area contributed by atoms with Crippen molar-refractivity contribution in [3.05, 3.63) is 70.4 Å². The number of carbonyl (C=O) groups excluding carboxylic acids is 3. The molecule has 0 aliphatic rings. The molecule has 1 aromatic heterocycles. The number of amides is 3. The second kappa shape index (κ2) is 9.03. The predicted molar refractivity (Wildman–Crippen MR) is 114 cm³/mol. The summed E-state index contributed by atoms with van der Waals surface area (Å²) >= 11 is 1.42. The number of rotatable bonds is 6. The maximum atomic E-state index is 12.8. The molecule has 29 heavy (non-hydrogen) atoms. The summed E-state index contributed by atoms with van der Waals surface area (Å²) in [6, 6.07) is 13.4. The average molecular weight is 409 g/mol. The monoisotopic (exact) mass is 409 g/mol. The molecule has 148 valence electrons. The van der Waals surface area contributed by atoms with Gasteiger partial charge in [-0.05, 0) is 41.8 Å². The molecule has 0 unspecified atom stereocenters. The van der Waals surface area contributed by atoms with Crippen molar-refractivity contribution < 1.29 is 19.1 Å². The fraction of sp³-hybridized carbons (Fsp3) is 0.0952. The largest absolute Gasteiger partial charge is 0.495 e. The standard InChI is InChI=1S/C21H19N3O4S/c1-13(25)22-18-11-15(7-8-19(18)28-2)23-21(27)16-5-3-4-6-17(16)24-20(26)14-9-10-29-12-14/h3-12H,1-2H3,(H,22,25)(H,23,27)(H,24,26). The Balaban J connectivity index is 1.81. The Hall–Kier alpha value is -3.65. The van der Waals surface area contributed by atoms with E-state index in [1.165, 1.54) is 25.4 Å². The molecule has 8 heteroatoms. The second-order valence-corrected chi connectivity index (χ2v) is 6.84. The van der Waals surface area contributed by atoms with Gasteiger partial charge < -0.3 is 20.7 Å². The van der Waals surface area contributed by atoms with Crippen LogP contribution < -0.4 is 20.7 Å². The van der Waals surface area contributed by atoms with E-state index in [-0.39, 0.29) is 11.8 Å². The fourth-order valence-corrected chi connectivity index (χ4v) is 3.29. The Morgan fingerprint density at radius 1 is 0.897 bits per heavy atom. The molecule has 0 spiro atoms. The van der Waals surface area contributed by atoms with E-state index in [2.05, 4.69) is 16.0 Å². The van der Waals surface area contributed by atoms with Crippen molar-refractivity contribution in [3.8, 4) is 5.75 Å². The summed E-state index contributed by atoms with van der Waals surface area (Å²) in [5.41, 5.74) is 2.15. The van der Waals surface area contributed by atoms with Gasteiger partial charge in [-0.15, -0.1) is 0 Å². The van der Waals surface area contributed by atoms with Crippen molar-refractivity contribution >= 4 is 46.1 Å². The topological polar surface area (TPSA) is 96.5 Å². The lowest BCUT2D eigenvalue weighted by atomic mass is 10.1. The van der Waals surface area contributed by atoms with E-state index in [0.29, 0.717) is 33.9 Å². The maximum absolute atomic E-state index is 12.8. The van der Waals surface area contributed by atoms with Gasteiger partial charge in [0.25, 0.3) is 11.8 Å². The number of carbonyl (C=O) groups is 3. The zero-order valence-electron chi connectivity index (χ0n) is 15.8. The first-order valence-corrected chi connectivity index (χ1v) is 9.62. The SMILES string of the molecule is COc1ccc(NC(=O)c2ccccc2NC(=O)c2ccsc2)cc1NC(C)=O.